The predicted molar refractivity (Wildman–Crippen MR) is 108 cm³/mol. The zero-order chi connectivity index (χ0) is 16.2. The van der Waals surface area contributed by atoms with E-state index in [4.69, 9.17) is 0 Å². The molecule has 1 rings (SSSR count). The first-order valence-electron chi connectivity index (χ1n) is 7.78. The van der Waals surface area contributed by atoms with Crippen LogP contribution in [0, 0.1) is 0 Å². The second-order valence-corrected chi connectivity index (χ2v) is 5.92. The average Bonchev–Trinajstić information content (AvgIpc) is 3.06. The van der Waals surface area contributed by atoms with Gasteiger partial charge in [0.25, 0.3) is 0 Å². The van der Waals surface area contributed by atoms with Crippen molar-refractivity contribution in [2.24, 2.45) is 4.99 Å². The van der Waals surface area contributed by atoms with E-state index in [1.807, 2.05) is 0 Å². The van der Waals surface area contributed by atoms with Gasteiger partial charge in [0.2, 0.25) is 0 Å². The number of esters is 1. The monoisotopic (exact) mass is 453 g/mol. The quantitative estimate of drug-likeness (QED) is 0.198. The smallest absolute Gasteiger partial charge is 0.305 e. The zero-order valence-electron chi connectivity index (χ0n) is 14.1. The van der Waals surface area contributed by atoms with Gasteiger partial charge in [0.1, 0.15) is 0 Å². The van der Waals surface area contributed by atoms with Gasteiger partial charge in [-0.15, -0.1) is 24.0 Å². The number of nitrogens with zero attached hydrogens (tertiary/aromatic N) is 1. The lowest BCUT2D eigenvalue weighted by molar-refractivity contribution is -0.140. The van der Waals surface area contributed by atoms with Crippen LogP contribution in [-0.4, -0.2) is 38.7 Å². The van der Waals surface area contributed by atoms with Crippen molar-refractivity contribution in [1.82, 2.24) is 10.6 Å². The molecule has 0 radical (unpaired) electrons. The summed E-state index contributed by atoms with van der Waals surface area (Å²) in [4.78, 5) is 15.6. The van der Waals surface area contributed by atoms with E-state index in [9.17, 15) is 4.79 Å². The Hall–Kier alpha value is -0.830. The van der Waals surface area contributed by atoms with Crippen LogP contribution in [0.4, 0.5) is 0 Å². The van der Waals surface area contributed by atoms with Gasteiger partial charge in [0.15, 0.2) is 5.96 Å². The highest BCUT2D eigenvalue weighted by atomic mass is 127. The molecule has 0 bridgehead atoms. The predicted octanol–water partition coefficient (Wildman–Crippen LogP) is 3.37. The molecule has 1 aromatic heterocycles. The molecule has 5 nitrogen and oxygen atoms in total. The summed E-state index contributed by atoms with van der Waals surface area (Å²) in [7, 11) is 1.42. The maximum absolute atomic E-state index is 11.0. The molecule has 2 N–H and O–H groups in total. The molecule has 1 unspecified atom stereocenters. The van der Waals surface area contributed by atoms with Gasteiger partial charge in [0, 0.05) is 32.0 Å². The van der Waals surface area contributed by atoms with E-state index in [0.29, 0.717) is 12.3 Å². The van der Waals surface area contributed by atoms with Crippen molar-refractivity contribution < 1.29 is 9.53 Å². The van der Waals surface area contributed by atoms with Gasteiger partial charge in [0.05, 0.1) is 7.11 Å². The number of halogens is 1. The maximum atomic E-state index is 11.0. The van der Waals surface area contributed by atoms with E-state index < -0.39 is 0 Å². The Morgan fingerprint density at radius 3 is 2.78 bits per heavy atom. The number of rotatable bonds is 9. The third kappa shape index (κ3) is 9.80. The Morgan fingerprint density at radius 1 is 1.39 bits per heavy atom. The fourth-order valence-electron chi connectivity index (χ4n) is 1.93. The summed E-state index contributed by atoms with van der Waals surface area (Å²) < 4.78 is 4.62. The molecule has 0 aromatic carbocycles. The molecular weight excluding hydrogens is 425 g/mol. The van der Waals surface area contributed by atoms with E-state index in [0.717, 1.165) is 38.4 Å². The summed E-state index contributed by atoms with van der Waals surface area (Å²) in [6.07, 6.45) is 2.21. The molecule has 0 fully saturated rings. The van der Waals surface area contributed by atoms with Gasteiger partial charge in [-0.25, -0.2) is 0 Å². The number of unbranched alkanes of at least 4 members (excludes halogenated alkanes) is 1. The fourth-order valence-corrected chi connectivity index (χ4v) is 2.72. The Labute approximate surface area is 160 Å². The average molecular weight is 453 g/mol. The van der Waals surface area contributed by atoms with E-state index in [1.54, 1.807) is 11.3 Å². The number of hydrogen-bond donors (Lipinski definition) is 2. The van der Waals surface area contributed by atoms with Crippen molar-refractivity contribution in [3.05, 3.63) is 22.4 Å². The van der Waals surface area contributed by atoms with E-state index in [1.165, 1.54) is 12.7 Å². The van der Waals surface area contributed by atoms with Crippen molar-refractivity contribution in [2.75, 3.05) is 26.7 Å². The number of methoxy groups -OCH3 is 1. The highest BCUT2D eigenvalue weighted by Crippen LogP contribution is 2.18. The van der Waals surface area contributed by atoms with Gasteiger partial charge >= 0.3 is 5.97 Å². The van der Waals surface area contributed by atoms with Crippen LogP contribution >= 0.6 is 35.3 Å². The number of nitrogens with one attached hydrogen (secondary N) is 2. The van der Waals surface area contributed by atoms with Gasteiger partial charge in [-0.05, 0) is 42.2 Å². The SMILES string of the molecule is CCNC(=NCC(C)c1ccsc1)NCCCCC(=O)OC.I. The number of aliphatic imine (C=N–C) groups is 1. The summed E-state index contributed by atoms with van der Waals surface area (Å²) in [5.41, 5.74) is 1.34. The van der Waals surface area contributed by atoms with Crippen LogP contribution in [0.2, 0.25) is 0 Å². The molecule has 132 valence electrons. The Kier molecular flexibility index (Phi) is 13.1. The number of hydrogen-bond acceptors (Lipinski definition) is 4. The van der Waals surface area contributed by atoms with Crippen molar-refractivity contribution >= 4 is 47.2 Å². The number of carbonyl (C=O) groups excluding carboxylic acids is 1. The van der Waals surface area contributed by atoms with Crippen LogP contribution in [0.5, 0.6) is 0 Å². The second kappa shape index (κ2) is 13.6. The van der Waals surface area contributed by atoms with Crippen LogP contribution in [0.1, 0.15) is 44.6 Å². The van der Waals surface area contributed by atoms with Crippen LogP contribution in [0.3, 0.4) is 0 Å². The lowest BCUT2D eigenvalue weighted by Gasteiger charge is -2.13. The molecular formula is C16H28IN3O2S. The fraction of sp³-hybridized carbons (Fsp3) is 0.625. The summed E-state index contributed by atoms with van der Waals surface area (Å²) >= 11 is 1.72. The molecule has 0 spiro atoms. The van der Waals surface area contributed by atoms with Crippen molar-refractivity contribution in [3.8, 4) is 0 Å². The van der Waals surface area contributed by atoms with Crippen LogP contribution in [0.15, 0.2) is 21.8 Å². The molecule has 0 aliphatic rings. The number of carbonyl (C=O) groups is 1. The molecule has 0 saturated carbocycles. The van der Waals surface area contributed by atoms with Crippen molar-refractivity contribution in [1.29, 1.82) is 0 Å². The molecule has 0 aliphatic heterocycles. The first kappa shape index (κ1) is 22.2. The molecule has 7 heteroatoms. The molecule has 1 aromatic rings. The maximum Gasteiger partial charge on any atom is 0.305 e. The first-order valence-corrected chi connectivity index (χ1v) is 8.72. The highest BCUT2D eigenvalue weighted by Gasteiger charge is 2.06. The second-order valence-electron chi connectivity index (χ2n) is 5.14. The van der Waals surface area contributed by atoms with Crippen LogP contribution in [0.25, 0.3) is 0 Å². The molecule has 23 heavy (non-hydrogen) atoms. The highest BCUT2D eigenvalue weighted by molar-refractivity contribution is 14.0. The number of thiophene rings is 1. The molecule has 0 amide bonds. The van der Waals surface area contributed by atoms with Crippen molar-refractivity contribution in [3.63, 3.8) is 0 Å². The molecule has 0 aliphatic carbocycles. The van der Waals surface area contributed by atoms with Crippen LogP contribution in [-0.2, 0) is 9.53 Å². The molecule has 1 heterocycles. The van der Waals surface area contributed by atoms with E-state index in [2.05, 4.69) is 51.0 Å². The molecule has 0 saturated heterocycles. The summed E-state index contributed by atoms with van der Waals surface area (Å²) in [5.74, 6) is 1.11. The topological polar surface area (TPSA) is 62.7 Å². The largest absolute Gasteiger partial charge is 0.469 e. The number of ether oxygens (including phenoxy) is 1. The van der Waals surface area contributed by atoms with Crippen LogP contribution < -0.4 is 10.6 Å². The Balaban J connectivity index is 0.00000484. The Bertz CT molecular complexity index is 452. The lowest BCUT2D eigenvalue weighted by atomic mass is 10.1. The van der Waals surface area contributed by atoms with Gasteiger partial charge in [-0.1, -0.05) is 6.92 Å². The summed E-state index contributed by atoms with van der Waals surface area (Å²) in [6, 6.07) is 2.15. The normalized spacial score (nSPS) is 12.2. The summed E-state index contributed by atoms with van der Waals surface area (Å²) in [5, 5.41) is 10.8. The summed E-state index contributed by atoms with van der Waals surface area (Å²) in [6.45, 7) is 6.63. The zero-order valence-corrected chi connectivity index (χ0v) is 17.3. The molecule has 1 atom stereocenters. The van der Waals surface area contributed by atoms with E-state index in [-0.39, 0.29) is 29.9 Å². The van der Waals surface area contributed by atoms with Gasteiger partial charge in [-0.2, -0.15) is 11.3 Å². The first-order chi connectivity index (χ1) is 10.7. The standard InChI is InChI=1S/C16H27N3O2S.HI/c1-4-17-16(18-9-6-5-7-15(20)21-3)19-11-13(2)14-8-10-22-12-14;/h8,10,12-13H,4-7,9,11H2,1-3H3,(H2,17,18,19);1H. The van der Waals surface area contributed by atoms with E-state index >= 15 is 0 Å². The number of guanidine groups is 1. The Morgan fingerprint density at radius 2 is 2.17 bits per heavy atom. The minimum absolute atomic E-state index is 0. The third-order valence-electron chi connectivity index (χ3n) is 3.31. The van der Waals surface area contributed by atoms with Crippen molar-refractivity contribution in [2.45, 2.75) is 39.0 Å². The lowest BCUT2D eigenvalue weighted by Crippen LogP contribution is -2.38. The minimum Gasteiger partial charge on any atom is -0.469 e. The van der Waals surface area contributed by atoms with Gasteiger partial charge < -0.3 is 15.4 Å². The third-order valence-corrected chi connectivity index (χ3v) is 4.01. The van der Waals surface area contributed by atoms with Gasteiger partial charge in [-0.3, -0.25) is 9.79 Å². The minimum atomic E-state index is -0.148.